The van der Waals surface area contributed by atoms with Crippen LogP contribution >= 0.6 is 21.6 Å². The maximum absolute atomic E-state index is 11.9. The van der Waals surface area contributed by atoms with Crippen LogP contribution in [0.1, 0.15) is 0 Å². The van der Waals surface area contributed by atoms with Gasteiger partial charge in [-0.3, -0.25) is 0 Å². The minimum absolute atomic E-state index is 0.293. The molecule has 4 amide bonds. The summed E-state index contributed by atoms with van der Waals surface area (Å²) in [4.78, 5) is 25.6. The minimum Gasteiger partial charge on any atom is -0.334 e. The van der Waals surface area contributed by atoms with Crippen LogP contribution in [-0.4, -0.2) is 25.2 Å². The Kier molecular flexibility index (Phi) is 9.03. The van der Waals surface area contributed by atoms with E-state index in [9.17, 15) is 9.59 Å². The molecule has 0 atom stereocenters. The standard InChI is InChI=1S/C20H22N4O2S2/c1-3-13-21-19(25)23-15-9-5-7-11-17(15)27-28-18-12-8-6-10-16(18)24-20(26)22-14-4-2/h3-12H,1-2,13-14H2,(H2,21,23,25)(H2,22,24,26). The Morgan fingerprint density at radius 1 is 0.750 bits per heavy atom. The van der Waals surface area contributed by atoms with Gasteiger partial charge in [-0.2, -0.15) is 0 Å². The first-order chi connectivity index (χ1) is 13.6. The van der Waals surface area contributed by atoms with Crippen LogP contribution in [0, 0.1) is 0 Å². The van der Waals surface area contributed by atoms with Gasteiger partial charge < -0.3 is 21.3 Å². The summed E-state index contributed by atoms with van der Waals surface area (Å²) < 4.78 is 0. The molecule has 0 saturated heterocycles. The average molecular weight is 415 g/mol. The summed E-state index contributed by atoms with van der Waals surface area (Å²) in [6.07, 6.45) is 3.23. The lowest BCUT2D eigenvalue weighted by Gasteiger charge is -2.13. The van der Waals surface area contributed by atoms with Gasteiger partial charge in [0, 0.05) is 22.9 Å². The monoisotopic (exact) mass is 414 g/mol. The molecule has 28 heavy (non-hydrogen) atoms. The number of para-hydroxylation sites is 2. The number of rotatable bonds is 9. The molecule has 2 aromatic rings. The highest BCUT2D eigenvalue weighted by Crippen LogP contribution is 2.43. The molecule has 4 N–H and O–H groups in total. The molecule has 2 rings (SSSR count). The van der Waals surface area contributed by atoms with E-state index in [2.05, 4.69) is 34.4 Å². The molecule has 2 aromatic carbocycles. The number of amides is 4. The Morgan fingerprint density at radius 3 is 1.54 bits per heavy atom. The van der Waals surface area contributed by atoms with Crippen molar-refractivity contribution in [3.8, 4) is 0 Å². The van der Waals surface area contributed by atoms with Crippen LogP contribution < -0.4 is 21.3 Å². The van der Waals surface area contributed by atoms with Crippen LogP contribution in [0.3, 0.4) is 0 Å². The van der Waals surface area contributed by atoms with Crippen molar-refractivity contribution in [1.82, 2.24) is 10.6 Å². The van der Waals surface area contributed by atoms with Gasteiger partial charge in [-0.15, -0.1) is 13.2 Å². The highest BCUT2D eigenvalue weighted by molar-refractivity contribution is 8.76. The normalized spacial score (nSPS) is 9.86. The molecule has 0 bridgehead atoms. The molecular formula is C20H22N4O2S2. The Bertz CT molecular complexity index is 773. The second kappa shape index (κ2) is 11.8. The number of anilines is 2. The van der Waals surface area contributed by atoms with Crippen molar-refractivity contribution in [2.75, 3.05) is 23.7 Å². The van der Waals surface area contributed by atoms with Crippen LogP contribution in [0.15, 0.2) is 83.6 Å². The maximum Gasteiger partial charge on any atom is 0.319 e. The molecule has 0 radical (unpaired) electrons. The third-order valence-corrected chi connectivity index (χ3v) is 5.79. The van der Waals surface area contributed by atoms with Crippen molar-refractivity contribution in [2.24, 2.45) is 0 Å². The predicted molar refractivity (Wildman–Crippen MR) is 119 cm³/mol. The third-order valence-electron chi connectivity index (χ3n) is 3.31. The minimum atomic E-state index is -0.293. The summed E-state index contributed by atoms with van der Waals surface area (Å²) in [5, 5.41) is 11.0. The Labute approximate surface area is 172 Å². The molecule has 0 spiro atoms. The van der Waals surface area contributed by atoms with Gasteiger partial charge in [-0.25, -0.2) is 9.59 Å². The number of benzene rings is 2. The summed E-state index contributed by atoms with van der Waals surface area (Å²) in [6.45, 7) is 7.94. The predicted octanol–water partition coefficient (Wildman–Crippen LogP) is 5.10. The van der Waals surface area contributed by atoms with Crippen molar-refractivity contribution in [2.45, 2.75) is 9.79 Å². The van der Waals surface area contributed by atoms with E-state index in [4.69, 9.17) is 0 Å². The van der Waals surface area contributed by atoms with Crippen molar-refractivity contribution in [1.29, 1.82) is 0 Å². The Hall–Kier alpha value is -2.84. The van der Waals surface area contributed by atoms with E-state index in [1.54, 1.807) is 12.2 Å². The fraction of sp³-hybridized carbons (Fsp3) is 0.100. The first-order valence-electron chi connectivity index (χ1n) is 8.48. The molecule has 0 saturated carbocycles. The Balaban J connectivity index is 2.04. The molecule has 0 aliphatic heterocycles. The van der Waals surface area contributed by atoms with Gasteiger partial charge in [0.2, 0.25) is 0 Å². The van der Waals surface area contributed by atoms with Crippen LogP contribution in [0.4, 0.5) is 21.0 Å². The maximum atomic E-state index is 11.9. The van der Waals surface area contributed by atoms with Gasteiger partial charge in [0.25, 0.3) is 0 Å². The van der Waals surface area contributed by atoms with Gasteiger partial charge in [-0.1, -0.05) is 58.0 Å². The van der Waals surface area contributed by atoms with Crippen molar-refractivity contribution in [3.63, 3.8) is 0 Å². The lowest BCUT2D eigenvalue weighted by Crippen LogP contribution is -2.28. The molecule has 6 nitrogen and oxygen atoms in total. The smallest absolute Gasteiger partial charge is 0.319 e. The summed E-state index contributed by atoms with van der Waals surface area (Å²) in [5.74, 6) is 0. The molecule has 0 aromatic heterocycles. The fourth-order valence-electron chi connectivity index (χ4n) is 2.04. The highest BCUT2D eigenvalue weighted by atomic mass is 33.1. The molecule has 146 valence electrons. The van der Waals surface area contributed by atoms with Crippen LogP contribution in [0.2, 0.25) is 0 Å². The lowest BCUT2D eigenvalue weighted by molar-refractivity contribution is 0.252. The van der Waals surface area contributed by atoms with E-state index < -0.39 is 0 Å². The van der Waals surface area contributed by atoms with E-state index in [-0.39, 0.29) is 12.1 Å². The second-order valence-corrected chi connectivity index (χ2v) is 7.62. The van der Waals surface area contributed by atoms with E-state index in [0.29, 0.717) is 24.5 Å². The zero-order chi connectivity index (χ0) is 20.2. The van der Waals surface area contributed by atoms with Crippen molar-refractivity contribution >= 4 is 45.0 Å². The second-order valence-electron chi connectivity index (χ2n) is 5.41. The van der Waals surface area contributed by atoms with Crippen LogP contribution in [0.5, 0.6) is 0 Å². The molecule has 8 heteroatoms. The summed E-state index contributed by atoms with van der Waals surface area (Å²) in [6, 6.07) is 14.5. The van der Waals surface area contributed by atoms with Crippen LogP contribution in [0.25, 0.3) is 0 Å². The molecular weight excluding hydrogens is 392 g/mol. The lowest BCUT2D eigenvalue weighted by atomic mass is 10.3. The van der Waals surface area contributed by atoms with Crippen LogP contribution in [-0.2, 0) is 0 Å². The third kappa shape index (κ3) is 7.05. The van der Waals surface area contributed by atoms with E-state index in [1.807, 2.05) is 48.5 Å². The SMILES string of the molecule is C=CCNC(=O)Nc1ccccc1SSc1ccccc1NC(=O)NCC=C. The summed E-state index contributed by atoms with van der Waals surface area (Å²) in [7, 11) is 2.98. The van der Waals surface area contributed by atoms with Gasteiger partial charge in [0.05, 0.1) is 11.4 Å². The first-order valence-corrected chi connectivity index (χ1v) is 10.6. The zero-order valence-corrected chi connectivity index (χ0v) is 16.9. The van der Waals surface area contributed by atoms with Gasteiger partial charge in [0.1, 0.15) is 0 Å². The topological polar surface area (TPSA) is 82.3 Å². The highest BCUT2D eigenvalue weighted by Gasteiger charge is 2.10. The Morgan fingerprint density at radius 2 is 1.14 bits per heavy atom. The number of hydrogen-bond donors (Lipinski definition) is 4. The number of urea groups is 2. The van der Waals surface area contributed by atoms with Gasteiger partial charge in [-0.05, 0) is 24.3 Å². The quantitative estimate of drug-likeness (QED) is 0.340. The van der Waals surface area contributed by atoms with Crippen molar-refractivity contribution in [3.05, 3.63) is 73.8 Å². The van der Waals surface area contributed by atoms with Crippen molar-refractivity contribution < 1.29 is 9.59 Å². The molecule has 0 heterocycles. The van der Waals surface area contributed by atoms with Gasteiger partial charge in [0.15, 0.2) is 0 Å². The first kappa shape index (κ1) is 21.5. The van der Waals surface area contributed by atoms with E-state index in [0.717, 1.165) is 9.79 Å². The summed E-state index contributed by atoms with van der Waals surface area (Å²) in [5.41, 5.74) is 1.41. The largest absolute Gasteiger partial charge is 0.334 e. The number of carbonyl (C=O) groups is 2. The molecule has 0 unspecified atom stereocenters. The van der Waals surface area contributed by atoms with E-state index >= 15 is 0 Å². The number of nitrogens with one attached hydrogen (secondary N) is 4. The number of hydrogen-bond acceptors (Lipinski definition) is 4. The fourth-order valence-corrected chi connectivity index (χ4v) is 4.31. The summed E-state index contributed by atoms with van der Waals surface area (Å²) >= 11 is 0. The molecule has 0 aliphatic carbocycles. The van der Waals surface area contributed by atoms with Gasteiger partial charge >= 0.3 is 12.1 Å². The van der Waals surface area contributed by atoms with E-state index in [1.165, 1.54) is 21.6 Å². The molecule has 0 aliphatic rings. The average Bonchev–Trinajstić information content (AvgIpc) is 2.71. The zero-order valence-electron chi connectivity index (χ0n) is 15.2. The number of carbonyl (C=O) groups excluding carboxylic acids is 2. The molecule has 0 fully saturated rings.